The van der Waals surface area contributed by atoms with E-state index in [1.165, 1.54) is 18.2 Å². The van der Waals surface area contributed by atoms with Gasteiger partial charge in [-0.1, -0.05) is 26.0 Å². The maximum atomic E-state index is 13.7. The predicted octanol–water partition coefficient (Wildman–Crippen LogP) is 5.45. The second-order valence-corrected chi connectivity index (χ2v) is 4.33. The van der Waals surface area contributed by atoms with Gasteiger partial charge in [-0.2, -0.15) is 0 Å². The number of halogens is 2. The summed E-state index contributed by atoms with van der Waals surface area (Å²) in [6, 6.07) is 9.28. The molecule has 104 valence electrons. The van der Waals surface area contributed by atoms with Gasteiger partial charge in [0.15, 0.2) is 0 Å². The van der Waals surface area contributed by atoms with Crippen molar-refractivity contribution in [2.75, 3.05) is 0 Å². The summed E-state index contributed by atoms with van der Waals surface area (Å²) in [5.41, 5.74) is 2.61. The second kappa shape index (κ2) is 5.87. The molecule has 0 amide bonds. The van der Waals surface area contributed by atoms with Crippen LogP contribution in [-0.2, 0) is 0 Å². The van der Waals surface area contributed by atoms with Gasteiger partial charge >= 0.3 is 0 Å². The topological polar surface area (TPSA) is 15.8 Å². The van der Waals surface area contributed by atoms with Gasteiger partial charge in [0.25, 0.3) is 0 Å². The Hall–Kier alpha value is -2.16. The standard InChI is InChI=1S/C15H11F2N.C2H6/c1-9-8-18-14-6-5-10(7-11(9)14)15-12(16)3-2-4-13(15)17;1-2/h2-8,18H,1H3;1-2H3. The molecule has 0 saturated carbocycles. The molecule has 0 radical (unpaired) electrons. The van der Waals surface area contributed by atoms with Gasteiger partial charge in [-0.25, -0.2) is 8.78 Å². The van der Waals surface area contributed by atoms with E-state index >= 15 is 0 Å². The van der Waals surface area contributed by atoms with Crippen molar-refractivity contribution in [3.8, 4) is 11.1 Å². The van der Waals surface area contributed by atoms with E-state index in [0.29, 0.717) is 5.56 Å². The first-order chi connectivity index (χ1) is 9.66. The van der Waals surface area contributed by atoms with Gasteiger partial charge in [-0.15, -0.1) is 0 Å². The Morgan fingerprint density at radius 2 is 1.60 bits per heavy atom. The van der Waals surface area contributed by atoms with E-state index in [0.717, 1.165) is 16.5 Å². The van der Waals surface area contributed by atoms with Crippen molar-refractivity contribution in [3.63, 3.8) is 0 Å². The lowest BCUT2D eigenvalue weighted by Gasteiger charge is -2.05. The summed E-state index contributed by atoms with van der Waals surface area (Å²) in [6.07, 6.45) is 1.88. The number of benzene rings is 2. The Labute approximate surface area is 117 Å². The molecule has 0 bridgehead atoms. The summed E-state index contributed by atoms with van der Waals surface area (Å²) in [6.45, 7) is 5.96. The van der Waals surface area contributed by atoms with Gasteiger partial charge in [-0.3, -0.25) is 0 Å². The minimum atomic E-state index is -0.539. The van der Waals surface area contributed by atoms with Crippen molar-refractivity contribution in [2.45, 2.75) is 20.8 Å². The smallest absolute Gasteiger partial charge is 0.133 e. The lowest BCUT2D eigenvalue weighted by Crippen LogP contribution is -1.89. The number of aryl methyl sites for hydroxylation is 1. The first-order valence-electron chi connectivity index (χ1n) is 6.69. The van der Waals surface area contributed by atoms with Crippen LogP contribution in [0.25, 0.3) is 22.0 Å². The largest absolute Gasteiger partial charge is 0.361 e. The fourth-order valence-electron chi connectivity index (χ4n) is 2.19. The summed E-state index contributed by atoms with van der Waals surface area (Å²) in [4.78, 5) is 3.11. The molecule has 20 heavy (non-hydrogen) atoms. The molecule has 0 fully saturated rings. The SMILES string of the molecule is CC.Cc1c[nH]c2ccc(-c3c(F)cccc3F)cc12. The van der Waals surface area contributed by atoms with E-state index in [4.69, 9.17) is 0 Å². The number of H-pyrrole nitrogens is 1. The van der Waals surface area contributed by atoms with Crippen molar-refractivity contribution in [3.05, 3.63) is 59.8 Å². The first kappa shape index (κ1) is 14.3. The van der Waals surface area contributed by atoms with Crippen LogP contribution in [0.15, 0.2) is 42.6 Å². The van der Waals surface area contributed by atoms with E-state index in [1.807, 2.05) is 39.1 Å². The Morgan fingerprint density at radius 3 is 2.25 bits per heavy atom. The fourth-order valence-corrected chi connectivity index (χ4v) is 2.19. The molecular weight excluding hydrogens is 256 g/mol. The molecule has 1 aromatic heterocycles. The van der Waals surface area contributed by atoms with Gasteiger partial charge in [0, 0.05) is 17.1 Å². The minimum Gasteiger partial charge on any atom is -0.361 e. The maximum Gasteiger partial charge on any atom is 0.133 e. The normalized spacial score (nSPS) is 10.2. The highest BCUT2D eigenvalue weighted by Crippen LogP contribution is 2.29. The third kappa shape index (κ3) is 2.44. The predicted molar refractivity (Wildman–Crippen MR) is 79.7 cm³/mol. The van der Waals surface area contributed by atoms with Crippen LogP contribution >= 0.6 is 0 Å². The summed E-state index contributed by atoms with van der Waals surface area (Å²) < 4.78 is 27.4. The van der Waals surface area contributed by atoms with Crippen LogP contribution in [0.2, 0.25) is 0 Å². The monoisotopic (exact) mass is 273 g/mol. The Bertz CT molecular complexity index is 709. The molecule has 0 atom stereocenters. The van der Waals surface area contributed by atoms with Gasteiger partial charge in [-0.05, 0) is 42.3 Å². The third-order valence-corrected chi connectivity index (χ3v) is 3.14. The van der Waals surface area contributed by atoms with Gasteiger partial charge in [0.05, 0.1) is 5.56 Å². The zero-order valence-corrected chi connectivity index (χ0v) is 11.8. The highest BCUT2D eigenvalue weighted by atomic mass is 19.1. The molecule has 1 N–H and O–H groups in total. The van der Waals surface area contributed by atoms with E-state index in [-0.39, 0.29) is 5.56 Å². The van der Waals surface area contributed by atoms with Crippen molar-refractivity contribution < 1.29 is 8.78 Å². The van der Waals surface area contributed by atoms with E-state index < -0.39 is 11.6 Å². The van der Waals surface area contributed by atoms with Gasteiger partial charge in [0.2, 0.25) is 0 Å². The van der Waals surface area contributed by atoms with Crippen LogP contribution in [0.5, 0.6) is 0 Å². The minimum absolute atomic E-state index is 0.0278. The summed E-state index contributed by atoms with van der Waals surface area (Å²) in [7, 11) is 0. The number of nitrogens with one attached hydrogen (secondary N) is 1. The van der Waals surface area contributed by atoms with E-state index in [2.05, 4.69) is 4.98 Å². The van der Waals surface area contributed by atoms with Crippen LogP contribution in [-0.4, -0.2) is 4.98 Å². The van der Waals surface area contributed by atoms with Crippen LogP contribution in [0.4, 0.5) is 8.78 Å². The molecule has 0 unspecified atom stereocenters. The number of hydrogen-bond donors (Lipinski definition) is 1. The van der Waals surface area contributed by atoms with E-state index in [1.54, 1.807) is 6.07 Å². The molecular formula is C17H17F2N. The second-order valence-electron chi connectivity index (χ2n) is 4.33. The molecule has 2 aromatic carbocycles. The van der Waals surface area contributed by atoms with Gasteiger partial charge < -0.3 is 4.98 Å². The molecule has 0 aliphatic carbocycles. The number of aromatic nitrogens is 1. The van der Waals surface area contributed by atoms with Crippen LogP contribution in [0.3, 0.4) is 0 Å². The van der Waals surface area contributed by atoms with E-state index in [9.17, 15) is 8.78 Å². The molecule has 0 saturated heterocycles. The maximum absolute atomic E-state index is 13.7. The highest BCUT2D eigenvalue weighted by molar-refractivity contribution is 5.87. The van der Waals surface area contributed by atoms with Crippen molar-refractivity contribution >= 4 is 10.9 Å². The van der Waals surface area contributed by atoms with Crippen LogP contribution in [0, 0.1) is 18.6 Å². The molecule has 1 nitrogen and oxygen atoms in total. The molecule has 3 rings (SSSR count). The van der Waals surface area contributed by atoms with Crippen molar-refractivity contribution in [1.29, 1.82) is 0 Å². The fraction of sp³-hybridized carbons (Fsp3) is 0.176. The summed E-state index contributed by atoms with van der Waals surface area (Å²) in [5.74, 6) is -1.08. The van der Waals surface area contributed by atoms with Crippen LogP contribution in [0.1, 0.15) is 19.4 Å². The van der Waals surface area contributed by atoms with Crippen molar-refractivity contribution in [1.82, 2.24) is 4.98 Å². The molecule has 3 heteroatoms. The average molecular weight is 273 g/mol. The Balaban J connectivity index is 0.000000704. The van der Waals surface area contributed by atoms with Crippen molar-refractivity contribution in [2.24, 2.45) is 0 Å². The number of aromatic amines is 1. The summed E-state index contributed by atoms with van der Waals surface area (Å²) >= 11 is 0. The molecule has 0 spiro atoms. The lowest BCUT2D eigenvalue weighted by atomic mass is 10.0. The Morgan fingerprint density at radius 1 is 0.950 bits per heavy atom. The zero-order valence-electron chi connectivity index (χ0n) is 11.8. The number of rotatable bonds is 1. The average Bonchev–Trinajstić information content (AvgIpc) is 2.82. The molecule has 3 aromatic rings. The third-order valence-electron chi connectivity index (χ3n) is 3.14. The molecule has 0 aliphatic rings. The molecule has 0 aliphatic heterocycles. The molecule has 1 heterocycles. The van der Waals surface area contributed by atoms with Gasteiger partial charge in [0.1, 0.15) is 11.6 Å². The number of hydrogen-bond acceptors (Lipinski definition) is 0. The lowest BCUT2D eigenvalue weighted by molar-refractivity contribution is 0.589. The Kier molecular flexibility index (Phi) is 4.18. The zero-order chi connectivity index (χ0) is 14.7. The quantitative estimate of drug-likeness (QED) is 0.607. The number of fused-ring (bicyclic) bond motifs is 1. The highest BCUT2D eigenvalue weighted by Gasteiger charge is 2.11. The van der Waals surface area contributed by atoms with Crippen LogP contribution < -0.4 is 0 Å². The summed E-state index contributed by atoms with van der Waals surface area (Å²) in [5, 5.41) is 0.982. The first-order valence-corrected chi connectivity index (χ1v) is 6.69.